The van der Waals surface area contributed by atoms with Crippen LogP contribution in [0.3, 0.4) is 0 Å². The van der Waals surface area contributed by atoms with Crippen LogP contribution in [0, 0.1) is 0 Å². The van der Waals surface area contributed by atoms with Gasteiger partial charge in [0.25, 0.3) is 0 Å². The minimum Gasteiger partial charge on any atom is -0.477 e. The van der Waals surface area contributed by atoms with E-state index in [-0.39, 0.29) is 0 Å². The quantitative estimate of drug-likeness (QED) is 0.714. The third-order valence-corrected chi connectivity index (χ3v) is 3.07. The van der Waals surface area contributed by atoms with E-state index >= 15 is 0 Å². The van der Waals surface area contributed by atoms with Crippen LogP contribution in [0.25, 0.3) is 0 Å². The molecule has 0 unspecified atom stereocenters. The second-order valence-electron chi connectivity index (χ2n) is 3.11. The second-order valence-corrected chi connectivity index (χ2v) is 5.07. The Morgan fingerprint density at radius 1 is 1.29 bits per heavy atom. The molecule has 0 saturated heterocycles. The predicted molar refractivity (Wildman–Crippen MR) is 54.7 cm³/mol. The van der Waals surface area contributed by atoms with Gasteiger partial charge in [-0.3, -0.25) is 0 Å². The van der Waals surface area contributed by atoms with E-state index in [1.807, 2.05) is 6.92 Å². The van der Waals surface area contributed by atoms with Gasteiger partial charge in [0.05, 0.1) is 0 Å². The molecule has 0 aliphatic heterocycles. The van der Waals surface area contributed by atoms with Gasteiger partial charge >= 0.3 is 5.97 Å². The van der Waals surface area contributed by atoms with Crippen molar-refractivity contribution >= 4 is 15.8 Å². The van der Waals surface area contributed by atoms with Crippen molar-refractivity contribution in [3.63, 3.8) is 0 Å². The maximum Gasteiger partial charge on any atom is 0.347 e. The molecule has 0 aliphatic rings. The van der Waals surface area contributed by atoms with Gasteiger partial charge in [0.1, 0.15) is 0 Å². The Hall–Kier alpha value is -0.840. The zero-order valence-corrected chi connectivity index (χ0v) is 9.52. The van der Waals surface area contributed by atoms with E-state index in [0.717, 1.165) is 12.7 Å². The van der Waals surface area contributed by atoms with Gasteiger partial charge in [-0.05, 0) is 18.4 Å². The van der Waals surface area contributed by atoms with Crippen molar-refractivity contribution in [3.05, 3.63) is 10.5 Å². The number of hydrogen-bond acceptors (Lipinski definition) is 3. The average Bonchev–Trinajstić information content (AvgIpc) is 2.00. The standard InChI is InChI=1S/C9H16O4S/c1-4-6-7(5-2)8(9(10)11)14(3,12)13/h4-6H2,1-3H3,(H,10,11). The van der Waals surface area contributed by atoms with E-state index in [2.05, 4.69) is 0 Å². The van der Waals surface area contributed by atoms with E-state index in [9.17, 15) is 13.2 Å². The molecule has 0 aromatic heterocycles. The molecule has 0 rings (SSSR count). The summed E-state index contributed by atoms with van der Waals surface area (Å²) in [6.07, 6.45) is 2.66. The van der Waals surface area contributed by atoms with E-state index in [0.29, 0.717) is 18.4 Å². The Morgan fingerprint density at radius 3 is 2.00 bits per heavy atom. The number of allylic oxidation sites excluding steroid dienone is 1. The minimum atomic E-state index is -3.62. The Labute approximate surface area is 84.6 Å². The number of rotatable bonds is 5. The molecule has 82 valence electrons. The predicted octanol–water partition coefficient (Wildman–Crippen LogP) is 1.58. The Bertz CT molecular complexity index is 338. The Balaban J connectivity index is 5.45. The number of carboxylic acid groups (broad SMARTS) is 1. The lowest BCUT2D eigenvalue weighted by molar-refractivity contribution is -0.131. The lowest BCUT2D eigenvalue weighted by Crippen LogP contribution is -2.14. The van der Waals surface area contributed by atoms with Crippen molar-refractivity contribution < 1.29 is 18.3 Å². The van der Waals surface area contributed by atoms with E-state index in [4.69, 9.17) is 5.11 Å². The van der Waals surface area contributed by atoms with Crippen molar-refractivity contribution in [1.82, 2.24) is 0 Å². The molecular weight excluding hydrogens is 204 g/mol. The van der Waals surface area contributed by atoms with E-state index < -0.39 is 20.7 Å². The second kappa shape index (κ2) is 5.14. The van der Waals surface area contributed by atoms with Crippen molar-refractivity contribution in [1.29, 1.82) is 0 Å². The molecule has 0 spiro atoms. The Kier molecular flexibility index (Phi) is 4.83. The van der Waals surface area contributed by atoms with Crippen LogP contribution in [-0.4, -0.2) is 25.7 Å². The van der Waals surface area contributed by atoms with Crippen LogP contribution in [0.4, 0.5) is 0 Å². The van der Waals surface area contributed by atoms with Gasteiger partial charge in [-0.2, -0.15) is 0 Å². The SMILES string of the molecule is CCCC(CC)=C(C(=O)O)S(C)(=O)=O. The van der Waals surface area contributed by atoms with Crippen LogP contribution < -0.4 is 0 Å². The van der Waals surface area contributed by atoms with Crippen molar-refractivity contribution in [3.8, 4) is 0 Å². The molecule has 0 heterocycles. The summed E-state index contributed by atoms with van der Waals surface area (Å²) in [5.74, 6) is -1.35. The topological polar surface area (TPSA) is 71.4 Å². The van der Waals surface area contributed by atoms with Crippen molar-refractivity contribution in [2.45, 2.75) is 33.1 Å². The van der Waals surface area contributed by atoms with Crippen LogP contribution >= 0.6 is 0 Å². The van der Waals surface area contributed by atoms with Crippen LogP contribution in [-0.2, 0) is 14.6 Å². The highest BCUT2D eigenvalue weighted by Gasteiger charge is 2.23. The highest BCUT2D eigenvalue weighted by molar-refractivity contribution is 7.95. The third kappa shape index (κ3) is 3.49. The van der Waals surface area contributed by atoms with Gasteiger partial charge in [0, 0.05) is 6.26 Å². The number of hydrogen-bond donors (Lipinski definition) is 1. The maximum absolute atomic E-state index is 11.2. The largest absolute Gasteiger partial charge is 0.477 e. The first-order chi connectivity index (χ1) is 6.34. The molecule has 5 heteroatoms. The number of carbonyl (C=O) groups is 1. The summed E-state index contributed by atoms with van der Waals surface area (Å²) in [5, 5.41) is 8.80. The number of carboxylic acids is 1. The molecule has 0 aliphatic carbocycles. The van der Waals surface area contributed by atoms with Crippen LogP contribution in [0.2, 0.25) is 0 Å². The van der Waals surface area contributed by atoms with E-state index in [1.54, 1.807) is 6.92 Å². The molecular formula is C9H16O4S. The molecule has 0 fully saturated rings. The fourth-order valence-corrected chi connectivity index (χ4v) is 2.41. The summed E-state index contributed by atoms with van der Waals surface area (Å²) in [4.78, 5) is 10.4. The third-order valence-electron chi connectivity index (χ3n) is 1.86. The summed E-state index contributed by atoms with van der Waals surface area (Å²) in [5.41, 5.74) is 0.502. The summed E-state index contributed by atoms with van der Waals surface area (Å²) >= 11 is 0. The molecule has 14 heavy (non-hydrogen) atoms. The van der Waals surface area contributed by atoms with Crippen LogP contribution in [0.15, 0.2) is 10.5 Å². The van der Waals surface area contributed by atoms with Gasteiger partial charge in [0.2, 0.25) is 0 Å². The summed E-state index contributed by atoms with van der Waals surface area (Å²) in [7, 11) is -3.62. The molecule has 0 saturated carbocycles. The van der Waals surface area contributed by atoms with Crippen LogP contribution in [0.1, 0.15) is 33.1 Å². The molecule has 0 amide bonds. The van der Waals surface area contributed by atoms with E-state index in [1.165, 1.54) is 0 Å². The molecule has 0 atom stereocenters. The first-order valence-electron chi connectivity index (χ1n) is 4.49. The molecule has 0 bridgehead atoms. The zero-order chi connectivity index (χ0) is 11.4. The first-order valence-corrected chi connectivity index (χ1v) is 6.39. The zero-order valence-electron chi connectivity index (χ0n) is 8.70. The maximum atomic E-state index is 11.2. The minimum absolute atomic E-state index is 0.429. The van der Waals surface area contributed by atoms with Crippen LogP contribution in [0.5, 0.6) is 0 Å². The monoisotopic (exact) mass is 220 g/mol. The van der Waals surface area contributed by atoms with Crippen molar-refractivity contribution in [2.75, 3.05) is 6.26 Å². The smallest absolute Gasteiger partial charge is 0.347 e. The summed E-state index contributed by atoms with van der Waals surface area (Å²) < 4.78 is 22.4. The summed E-state index contributed by atoms with van der Waals surface area (Å²) in [6.45, 7) is 3.65. The average molecular weight is 220 g/mol. The van der Waals surface area contributed by atoms with Gasteiger partial charge < -0.3 is 5.11 Å². The fourth-order valence-electron chi connectivity index (χ4n) is 1.32. The van der Waals surface area contributed by atoms with Gasteiger partial charge in [0.15, 0.2) is 14.7 Å². The molecule has 0 radical (unpaired) electrons. The number of sulfone groups is 1. The highest BCUT2D eigenvalue weighted by atomic mass is 32.2. The molecule has 4 nitrogen and oxygen atoms in total. The Morgan fingerprint density at radius 2 is 1.79 bits per heavy atom. The first kappa shape index (κ1) is 13.2. The normalized spacial score (nSPS) is 13.6. The lowest BCUT2D eigenvalue weighted by atomic mass is 10.1. The number of aliphatic carboxylic acids is 1. The molecule has 1 N–H and O–H groups in total. The molecule has 0 aromatic carbocycles. The lowest BCUT2D eigenvalue weighted by Gasteiger charge is -2.07. The van der Waals surface area contributed by atoms with Crippen molar-refractivity contribution in [2.24, 2.45) is 0 Å². The van der Waals surface area contributed by atoms with Gasteiger partial charge in [-0.25, -0.2) is 13.2 Å². The molecule has 0 aromatic rings. The summed E-state index contributed by atoms with van der Waals surface area (Å²) in [6, 6.07) is 0. The fraction of sp³-hybridized carbons (Fsp3) is 0.667. The van der Waals surface area contributed by atoms with Gasteiger partial charge in [-0.1, -0.05) is 20.3 Å². The van der Waals surface area contributed by atoms with Gasteiger partial charge in [-0.15, -0.1) is 0 Å². The highest BCUT2D eigenvalue weighted by Crippen LogP contribution is 2.19.